The van der Waals surface area contributed by atoms with E-state index in [0.717, 1.165) is 12.8 Å². The van der Waals surface area contributed by atoms with Crippen molar-refractivity contribution in [3.05, 3.63) is 12.2 Å². The topological polar surface area (TPSA) is 18.5 Å². The lowest BCUT2D eigenvalue weighted by Crippen LogP contribution is -2.27. The molecular weight excluding hydrogens is 200 g/mol. The SMILES string of the molecule is COC1CCCC(OCC=CCCl)C1. The number of hydrogen-bond donors (Lipinski definition) is 0. The molecule has 0 heterocycles. The predicted molar refractivity (Wildman–Crippen MR) is 58.9 cm³/mol. The molecule has 1 aliphatic rings. The summed E-state index contributed by atoms with van der Waals surface area (Å²) < 4.78 is 11.0. The molecule has 0 bridgehead atoms. The van der Waals surface area contributed by atoms with Crippen molar-refractivity contribution in [2.24, 2.45) is 0 Å². The molecule has 2 unspecified atom stereocenters. The van der Waals surface area contributed by atoms with Crippen LogP contribution in [-0.4, -0.2) is 31.8 Å². The summed E-state index contributed by atoms with van der Waals surface area (Å²) in [6, 6.07) is 0. The van der Waals surface area contributed by atoms with Gasteiger partial charge in [-0.05, 0) is 25.7 Å². The Bertz CT molecular complexity index is 171. The first-order valence-corrected chi connectivity index (χ1v) is 5.75. The van der Waals surface area contributed by atoms with Crippen LogP contribution in [0.2, 0.25) is 0 Å². The van der Waals surface area contributed by atoms with Crippen LogP contribution in [0.4, 0.5) is 0 Å². The standard InChI is InChI=1S/C11H19ClO2/c1-13-10-5-4-6-11(9-10)14-8-3-2-7-12/h2-3,10-11H,4-9H2,1H3. The monoisotopic (exact) mass is 218 g/mol. The first-order chi connectivity index (χ1) is 6.86. The van der Waals surface area contributed by atoms with Gasteiger partial charge < -0.3 is 9.47 Å². The van der Waals surface area contributed by atoms with Crippen molar-refractivity contribution in [3.63, 3.8) is 0 Å². The van der Waals surface area contributed by atoms with Crippen molar-refractivity contribution in [3.8, 4) is 0 Å². The first-order valence-electron chi connectivity index (χ1n) is 5.22. The summed E-state index contributed by atoms with van der Waals surface area (Å²) >= 11 is 5.51. The maximum absolute atomic E-state index is 5.69. The van der Waals surface area contributed by atoms with Gasteiger partial charge in [-0.25, -0.2) is 0 Å². The van der Waals surface area contributed by atoms with E-state index in [0.29, 0.717) is 24.7 Å². The zero-order valence-electron chi connectivity index (χ0n) is 8.75. The predicted octanol–water partition coefficient (Wildman–Crippen LogP) is 2.76. The Hall–Kier alpha value is -0.0500. The maximum Gasteiger partial charge on any atom is 0.0651 e. The van der Waals surface area contributed by atoms with Gasteiger partial charge in [0, 0.05) is 13.0 Å². The van der Waals surface area contributed by atoms with E-state index in [2.05, 4.69) is 0 Å². The Morgan fingerprint density at radius 1 is 1.29 bits per heavy atom. The number of methoxy groups -OCH3 is 1. The summed E-state index contributed by atoms with van der Waals surface area (Å²) in [5, 5.41) is 0. The van der Waals surface area contributed by atoms with Gasteiger partial charge in [-0.15, -0.1) is 11.6 Å². The van der Waals surface area contributed by atoms with Crippen molar-refractivity contribution in [2.45, 2.75) is 37.9 Å². The van der Waals surface area contributed by atoms with Gasteiger partial charge in [0.1, 0.15) is 0 Å². The van der Waals surface area contributed by atoms with Crippen LogP contribution >= 0.6 is 11.6 Å². The molecule has 1 aliphatic carbocycles. The lowest BCUT2D eigenvalue weighted by Gasteiger charge is -2.27. The molecule has 0 radical (unpaired) electrons. The van der Waals surface area contributed by atoms with Gasteiger partial charge in [0.2, 0.25) is 0 Å². The second-order valence-electron chi connectivity index (χ2n) is 3.61. The van der Waals surface area contributed by atoms with Gasteiger partial charge in [-0.1, -0.05) is 12.2 Å². The summed E-state index contributed by atoms with van der Waals surface area (Å²) in [6.07, 6.45) is 9.23. The Morgan fingerprint density at radius 2 is 2.07 bits per heavy atom. The molecule has 1 rings (SSSR count). The summed E-state index contributed by atoms with van der Waals surface area (Å²) in [5.41, 5.74) is 0. The number of alkyl halides is 1. The second-order valence-corrected chi connectivity index (χ2v) is 3.91. The van der Waals surface area contributed by atoms with Crippen LogP contribution in [0.25, 0.3) is 0 Å². The molecule has 0 aromatic carbocycles. The van der Waals surface area contributed by atoms with Crippen LogP contribution in [0.5, 0.6) is 0 Å². The molecule has 0 N–H and O–H groups in total. The van der Waals surface area contributed by atoms with Crippen molar-refractivity contribution >= 4 is 11.6 Å². The largest absolute Gasteiger partial charge is 0.381 e. The summed E-state index contributed by atoms with van der Waals surface area (Å²) in [7, 11) is 1.78. The minimum Gasteiger partial charge on any atom is -0.381 e. The smallest absolute Gasteiger partial charge is 0.0651 e. The number of ether oxygens (including phenoxy) is 2. The van der Waals surface area contributed by atoms with E-state index in [-0.39, 0.29) is 0 Å². The fraction of sp³-hybridized carbons (Fsp3) is 0.818. The third kappa shape index (κ3) is 4.45. The van der Waals surface area contributed by atoms with Crippen LogP contribution in [0.15, 0.2) is 12.2 Å². The molecule has 0 aromatic heterocycles. The molecule has 0 spiro atoms. The number of rotatable bonds is 5. The Kier molecular flexibility index (Phi) is 6.24. The van der Waals surface area contributed by atoms with E-state index in [9.17, 15) is 0 Å². The lowest BCUT2D eigenvalue weighted by molar-refractivity contribution is -0.0204. The van der Waals surface area contributed by atoms with Gasteiger partial charge >= 0.3 is 0 Å². The fourth-order valence-corrected chi connectivity index (χ4v) is 1.92. The molecule has 0 aliphatic heterocycles. The molecule has 1 fully saturated rings. The van der Waals surface area contributed by atoms with Crippen LogP contribution in [-0.2, 0) is 9.47 Å². The summed E-state index contributed by atoms with van der Waals surface area (Å²) in [4.78, 5) is 0. The highest BCUT2D eigenvalue weighted by atomic mass is 35.5. The molecular formula is C11H19ClO2. The third-order valence-corrected chi connectivity index (χ3v) is 2.77. The van der Waals surface area contributed by atoms with E-state index in [1.807, 2.05) is 12.2 Å². The van der Waals surface area contributed by atoms with Crippen LogP contribution < -0.4 is 0 Å². The summed E-state index contributed by atoms with van der Waals surface area (Å²) in [6.45, 7) is 0.674. The quantitative estimate of drug-likeness (QED) is 0.522. The lowest BCUT2D eigenvalue weighted by atomic mass is 9.95. The van der Waals surface area contributed by atoms with E-state index < -0.39 is 0 Å². The zero-order valence-corrected chi connectivity index (χ0v) is 9.50. The van der Waals surface area contributed by atoms with Crippen molar-refractivity contribution < 1.29 is 9.47 Å². The normalized spacial score (nSPS) is 28.4. The van der Waals surface area contributed by atoms with Gasteiger partial charge in [-0.3, -0.25) is 0 Å². The average Bonchev–Trinajstić information content (AvgIpc) is 2.25. The highest BCUT2D eigenvalue weighted by molar-refractivity contribution is 6.18. The maximum atomic E-state index is 5.69. The highest BCUT2D eigenvalue weighted by Crippen LogP contribution is 2.22. The second kappa shape index (κ2) is 7.27. The average molecular weight is 219 g/mol. The molecule has 82 valence electrons. The van der Waals surface area contributed by atoms with Gasteiger partial charge in [0.05, 0.1) is 18.8 Å². The van der Waals surface area contributed by atoms with E-state index in [1.165, 1.54) is 12.8 Å². The van der Waals surface area contributed by atoms with E-state index in [1.54, 1.807) is 7.11 Å². The highest BCUT2D eigenvalue weighted by Gasteiger charge is 2.21. The fourth-order valence-electron chi connectivity index (χ4n) is 1.79. The zero-order chi connectivity index (χ0) is 10.2. The Labute approximate surface area is 91.2 Å². The number of allylic oxidation sites excluding steroid dienone is 1. The van der Waals surface area contributed by atoms with E-state index in [4.69, 9.17) is 21.1 Å². The summed E-state index contributed by atoms with van der Waals surface area (Å²) in [5.74, 6) is 0.564. The first kappa shape index (κ1) is 12.0. The van der Waals surface area contributed by atoms with Gasteiger partial charge in [-0.2, -0.15) is 0 Å². The molecule has 3 heteroatoms. The number of hydrogen-bond acceptors (Lipinski definition) is 2. The molecule has 1 saturated carbocycles. The Morgan fingerprint density at radius 3 is 2.79 bits per heavy atom. The van der Waals surface area contributed by atoms with E-state index >= 15 is 0 Å². The van der Waals surface area contributed by atoms with Crippen LogP contribution in [0.3, 0.4) is 0 Å². The van der Waals surface area contributed by atoms with Crippen molar-refractivity contribution in [1.82, 2.24) is 0 Å². The Balaban J connectivity index is 2.14. The molecule has 14 heavy (non-hydrogen) atoms. The molecule has 2 atom stereocenters. The molecule has 0 aromatic rings. The number of halogens is 1. The van der Waals surface area contributed by atoms with Crippen molar-refractivity contribution in [2.75, 3.05) is 19.6 Å². The minimum absolute atomic E-state index is 0.369. The molecule has 0 amide bonds. The van der Waals surface area contributed by atoms with Crippen molar-refractivity contribution in [1.29, 1.82) is 0 Å². The van der Waals surface area contributed by atoms with Crippen LogP contribution in [0.1, 0.15) is 25.7 Å². The molecule has 0 saturated heterocycles. The molecule has 2 nitrogen and oxygen atoms in total. The van der Waals surface area contributed by atoms with Crippen LogP contribution in [0, 0.1) is 0 Å². The van der Waals surface area contributed by atoms with Gasteiger partial charge in [0.25, 0.3) is 0 Å². The third-order valence-electron chi connectivity index (χ3n) is 2.60. The van der Waals surface area contributed by atoms with Gasteiger partial charge in [0.15, 0.2) is 0 Å². The minimum atomic E-state index is 0.369.